The van der Waals surface area contributed by atoms with E-state index in [2.05, 4.69) is 58.5 Å². The maximum Gasteiger partial charge on any atom is 0.124 e. The molecule has 0 aliphatic carbocycles. The summed E-state index contributed by atoms with van der Waals surface area (Å²) in [5.41, 5.74) is 2.45. The molecule has 0 fully saturated rings. The maximum atomic E-state index is 5.68. The highest BCUT2D eigenvalue weighted by atomic mass is 79.9. The number of para-hydroxylation sites is 1. The average Bonchev–Trinajstić information content (AvgIpc) is 2.47. The van der Waals surface area contributed by atoms with E-state index in [0.29, 0.717) is 6.61 Å². The average molecular weight is 334 g/mol. The van der Waals surface area contributed by atoms with Crippen LogP contribution in [0.2, 0.25) is 0 Å². The lowest BCUT2D eigenvalue weighted by molar-refractivity contribution is 0.332. The Morgan fingerprint density at radius 1 is 1.10 bits per heavy atom. The van der Waals surface area contributed by atoms with Crippen LogP contribution in [0, 0.1) is 0 Å². The van der Waals surface area contributed by atoms with Gasteiger partial charge in [0.05, 0.1) is 6.61 Å². The SMILES string of the molecule is CCOc1ccccc1C(C)NCc1ccccc1Br. The zero-order chi connectivity index (χ0) is 14.4. The second-order valence-corrected chi connectivity index (χ2v) is 5.52. The van der Waals surface area contributed by atoms with E-state index in [9.17, 15) is 0 Å². The van der Waals surface area contributed by atoms with Crippen molar-refractivity contribution in [1.29, 1.82) is 0 Å². The zero-order valence-corrected chi connectivity index (χ0v) is 13.5. The Labute approximate surface area is 129 Å². The first kappa shape index (κ1) is 15.1. The molecule has 0 amide bonds. The Balaban J connectivity index is 2.05. The van der Waals surface area contributed by atoms with E-state index in [1.807, 2.05) is 25.1 Å². The Hall–Kier alpha value is -1.32. The van der Waals surface area contributed by atoms with Crippen LogP contribution in [0.15, 0.2) is 53.0 Å². The molecule has 0 heterocycles. The van der Waals surface area contributed by atoms with E-state index >= 15 is 0 Å². The maximum absolute atomic E-state index is 5.68. The van der Waals surface area contributed by atoms with E-state index in [4.69, 9.17) is 4.74 Å². The fraction of sp³-hybridized carbons (Fsp3) is 0.294. The van der Waals surface area contributed by atoms with Crippen molar-refractivity contribution in [3.63, 3.8) is 0 Å². The third kappa shape index (κ3) is 3.84. The highest BCUT2D eigenvalue weighted by Crippen LogP contribution is 2.25. The summed E-state index contributed by atoms with van der Waals surface area (Å²) in [5.74, 6) is 0.960. The predicted octanol–water partition coefficient (Wildman–Crippen LogP) is 4.70. The van der Waals surface area contributed by atoms with Gasteiger partial charge in [-0.05, 0) is 31.5 Å². The minimum Gasteiger partial charge on any atom is -0.494 e. The smallest absolute Gasteiger partial charge is 0.124 e. The van der Waals surface area contributed by atoms with E-state index in [0.717, 1.165) is 16.8 Å². The molecule has 2 aromatic rings. The summed E-state index contributed by atoms with van der Waals surface area (Å²) in [6.45, 7) is 5.68. The van der Waals surface area contributed by atoms with E-state index in [1.165, 1.54) is 11.1 Å². The van der Waals surface area contributed by atoms with Gasteiger partial charge in [-0.25, -0.2) is 0 Å². The van der Waals surface area contributed by atoms with Gasteiger partial charge in [0.1, 0.15) is 5.75 Å². The van der Waals surface area contributed by atoms with E-state index in [-0.39, 0.29) is 6.04 Å². The van der Waals surface area contributed by atoms with Crippen LogP contribution in [0.5, 0.6) is 5.75 Å². The van der Waals surface area contributed by atoms with Crippen LogP contribution < -0.4 is 10.1 Å². The minimum atomic E-state index is 0.241. The molecule has 0 aliphatic rings. The second kappa shape index (κ2) is 7.46. The van der Waals surface area contributed by atoms with Gasteiger partial charge in [0.25, 0.3) is 0 Å². The summed E-state index contributed by atoms with van der Waals surface area (Å²) in [6, 6.07) is 16.7. The van der Waals surface area contributed by atoms with Gasteiger partial charge in [-0.15, -0.1) is 0 Å². The molecule has 1 atom stereocenters. The summed E-state index contributed by atoms with van der Waals surface area (Å²) in [6.07, 6.45) is 0. The third-order valence-electron chi connectivity index (χ3n) is 3.24. The lowest BCUT2D eigenvalue weighted by Crippen LogP contribution is -2.19. The first-order valence-electron chi connectivity index (χ1n) is 6.91. The van der Waals surface area contributed by atoms with Crippen LogP contribution in [0.25, 0.3) is 0 Å². The van der Waals surface area contributed by atoms with Crippen LogP contribution in [-0.2, 0) is 6.54 Å². The lowest BCUT2D eigenvalue weighted by atomic mass is 10.1. The fourth-order valence-electron chi connectivity index (χ4n) is 2.14. The van der Waals surface area contributed by atoms with Crippen LogP contribution in [0.4, 0.5) is 0 Å². The molecule has 0 saturated carbocycles. The first-order chi connectivity index (χ1) is 9.72. The monoisotopic (exact) mass is 333 g/mol. The number of benzene rings is 2. The van der Waals surface area contributed by atoms with Crippen molar-refractivity contribution in [2.45, 2.75) is 26.4 Å². The van der Waals surface area contributed by atoms with Crippen molar-refractivity contribution in [3.8, 4) is 5.75 Å². The summed E-state index contributed by atoms with van der Waals surface area (Å²) >= 11 is 3.58. The molecule has 0 radical (unpaired) electrons. The lowest BCUT2D eigenvalue weighted by Gasteiger charge is -2.18. The number of nitrogens with one attached hydrogen (secondary N) is 1. The van der Waals surface area contributed by atoms with Gasteiger partial charge in [-0.3, -0.25) is 0 Å². The van der Waals surface area contributed by atoms with E-state index < -0.39 is 0 Å². The molecule has 2 rings (SSSR count). The Morgan fingerprint density at radius 3 is 2.55 bits per heavy atom. The van der Waals surface area contributed by atoms with Crippen LogP contribution in [0.1, 0.15) is 31.0 Å². The molecule has 1 N–H and O–H groups in total. The number of halogens is 1. The highest BCUT2D eigenvalue weighted by molar-refractivity contribution is 9.10. The third-order valence-corrected chi connectivity index (χ3v) is 4.02. The molecule has 2 aromatic carbocycles. The second-order valence-electron chi connectivity index (χ2n) is 4.66. The van der Waals surface area contributed by atoms with Crippen molar-refractivity contribution in [2.75, 3.05) is 6.61 Å². The molecule has 0 bridgehead atoms. The van der Waals surface area contributed by atoms with Gasteiger partial charge in [0.15, 0.2) is 0 Å². The highest BCUT2D eigenvalue weighted by Gasteiger charge is 2.11. The van der Waals surface area contributed by atoms with Crippen molar-refractivity contribution in [1.82, 2.24) is 5.32 Å². The fourth-order valence-corrected chi connectivity index (χ4v) is 2.56. The molecule has 3 heteroatoms. The van der Waals surface area contributed by atoms with Gasteiger partial charge in [-0.2, -0.15) is 0 Å². The summed E-state index contributed by atoms with van der Waals surface area (Å²) in [5, 5.41) is 3.54. The largest absolute Gasteiger partial charge is 0.494 e. The molecular weight excluding hydrogens is 314 g/mol. The molecule has 0 spiro atoms. The first-order valence-corrected chi connectivity index (χ1v) is 7.70. The Morgan fingerprint density at radius 2 is 1.80 bits per heavy atom. The number of hydrogen-bond donors (Lipinski definition) is 1. The van der Waals surface area contributed by atoms with Gasteiger partial charge in [-0.1, -0.05) is 52.3 Å². The van der Waals surface area contributed by atoms with Crippen LogP contribution >= 0.6 is 15.9 Å². The number of ether oxygens (including phenoxy) is 1. The van der Waals surface area contributed by atoms with Gasteiger partial charge < -0.3 is 10.1 Å². The number of hydrogen-bond acceptors (Lipinski definition) is 2. The topological polar surface area (TPSA) is 21.3 Å². The molecule has 0 saturated heterocycles. The van der Waals surface area contributed by atoms with E-state index in [1.54, 1.807) is 0 Å². The van der Waals surface area contributed by atoms with Crippen molar-refractivity contribution < 1.29 is 4.74 Å². The Bertz CT molecular complexity index is 556. The molecule has 2 nitrogen and oxygen atoms in total. The number of rotatable bonds is 6. The predicted molar refractivity (Wildman–Crippen MR) is 87.0 cm³/mol. The molecule has 1 unspecified atom stereocenters. The van der Waals surface area contributed by atoms with Crippen LogP contribution in [-0.4, -0.2) is 6.61 Å². The summed E-state index contributed by atoms with van der Waals surface area (Å²) in [4.78, 5) is 0. The van der Waals surface area contributed by atoms with Crippen molar-refractivity contribution >= 4 is 15.9 Å². The molecule has 0 aromatic heterocycles. The Kier molecular flexibility index (Phi) is 5.62. The molecule has 106 valence electrons. The molecular formula is C17H20BrNO. The minimum absolute atomic E-state index is 0.241. The molecule has 20 heavy (non-hydrogen) atoms. The van der Waals surface area contributed by atoms with Gasteiger partial charge in [0, 0.05) is 22.6 Å². The summed E-state index contributed by atoms with van der Waals surface area (Å²) in [7, 11) is 0. The van der Waals surface area contributed by atoms with Gasteiger partial charge >= 0.3 is 0 Å². The normalized spacial score (nSPS) is 12.2. The van der Waals surface area contributed by atoms with Crippen molar-refractivity contribution in [3.05, 3.63) is 64.1 Å². The standard InChI is InChI=1S/C17H20BrNO/c1-3-20-17-11-7-5-9-15(17)13(2)19-12-14-8-4-6-10-16(14)18/h4-11,13,19H,3,12H2,1-2H3. The van der Waals surface area contributed by atoms with Gasteiger partial charge in [0.2, 0.25) is 0 Å². The molecule has 0 aliphatic heterocycles. The zero-order valence-electron chi connectivity index (χ0n) is 11.9. The quantitative estimate of drug-likeness (QED) is 0.827. The van der Waals surface area contributed by atoms with Crippen molar-refractivity contribution in [2.24, 2.45) is 0 Å². The van der Waals surface area contributed by atoms with Crippen LogP contribution in [0.3, 0.4) is 0 Å². The summed E-state index contributed by atoms with van der Waals surface area (Å²) < 4.78 is 6.82.